The minimum Gasteiger partial charge on any atom is -0.445 e. The third kappa shape index (κ3) is 3.34. The van der Waals surface area contributed by atoms with Crippen LogP contribution in [-0.4, -0.2) is 30.2 Å². The summed E-state index contributed by atoms with van der Waals surface area (Å²) in [5.41, 5.74) is 2.55. The van der Waals surface area contributed by atoms with E-state index < -0.39 is 0 Å². The Labute approximate surface area is 138 Å². The number of carbonyl (C=O) groups is 1. The van der Waals surface area contributed by atoms with Crippen LogP contribution in [0.5, 0.6) is 0 Å². The Morgan fingerprint density at radius 2 is 1.96 bits per heavy atom. The summed E-state index contributed by atoms with van der Waals surface area (Å²) >= 11 is 0. The second kappa shape index (κ2) is 6.62. The average Bonchev–Trinajstić information content (AvgIpc) is 2.96. The molecule has 1 saturated heterocycles. The molecule has 0 N–H and O–H groups in total. The third-order valence-electron chi connectivity index (χ3n) is 5.23. The molecule has 2 unspecified atom stereocenters. The van der Waals surface area contributed by atoms with Crippen molar-refractivity contribution in [2.24, 2.45) is 17.8 Å². The molecule has 1 fully saturated rings. The third-order valence-corrected chi connectivity index (χ3v) is 5.23. The molecule has 4 nitrogen and oxygen atoms in total. The number of fused-ring (bicyclic) bond motifs is 1. The Kier molecular flexibility index (Phi) is 4.56. The predicted molar refractivity (Wildman–Crippen MR) is 87.7 cm³/mol. The van der Waals surface area contributed by atoms with Gasteiger partial charge in [0, 0.05) is 25.9 Å². The van der Waals surface area contributed by atoms with E-state index in [1.54, 1.807) is 4.90 Å². The van der Waals surface area contributed by atoms with E-state index in [9.17, 15) is 10.1 Å². The van der Waals surface area contributed by atoms with Crippen molar-refractivity contribution in [3.63, 3.8) is 0 Å². The summed E-state index contributed by atoms with van der Waals surface area (Å²) in [6, 6.07) is 10.6. The highest BCUT2D eigenvalue weighted by Gasteiger charge is 2.35. The van der Waals surface area contributed by atoms with Gasteiger partial charge >= 0.3 is 6.09 Å². The van der Waals surface area contributed by atoms with E-state index in [2.05, 4.69) is 32.0 Å². The van der Waals surface area contributed by atoms with Crippen molar-refractivity contribution >= 4 is 6.09 Å². The molecule has 0 aromatic heterocycles. The number of piperidine rings is 1. The molecule has 3 rings (SSSR count). The number of rotatable bonds is 2. The molecule has 0 radical (unpaired) electrons. The zero-order valence-corrected chi connectivity index (χ0v) is 13.9. The molecule has 1 amide bonds. The van der Waals surface area contributed by atoms with Gasteiger partial charge in [0.25, 0.3) is 0 Å². The Bertz CT molecular complexity index is 595. The Morgan fingerprint density at radius 3 is 2.52 bits per heavy atom. The number of likely N-dealkylation sites (tertiary alicyclic amines) is 1. The van der Waals surface area contributed by atoms with Crippen LogP contribution in [0.25, 0.3) is 0 Å². The molecule has 0 saturated carbocycles. The van der Waals surface area contributed by atoms with Crippen molar-refractivity contribution in [3.8, 4) is 6.07 Å². The summed E-state index contributed by atoms with van der Waals surface area (Å²) in [4.78, 5) is 14.2. The molecule has 2 aliphatic rings. The standard InChI is InChI=1S/C19H24N2O2/c1-13(2)18-7-8-21(12-16(18)11-20)19(22)23-17-9-14-5-3-4-6-15(14)10-17/h3-6,13,16-18H,7-10,12H2,1-2H3. The second-order valence-corrected chi connectivity index (χ2v) is 7.06. The number of carbonyl (C=O) groups excluding carboxylic acids is 1. The molecule has 0 spiro atoms. The van der Waals surface area contributed by atoms with Gasteiger partial charge in [-0.15, -0.1) is 0 Å². The van der Waals surface area contributed by atoms with Gasteiger partial charge in [0.05, 0.1) is 12.0 Å². The largest absolute Gasteiger partial charge is 0.445 e. The lowest BCUT2D eigenvalue weighted by Crippen LogP contribution is -2.45. The Morgan fingerprint density at radius 1 is 1.30 bits per heavy atom. The highest BCUT2D eigenvalue weighted by molar-refractivity contribution is 5.68. The highest BCUT2D eigenvalue weighted by Crippen LogP contribution is 2.30. The summed E-state index contributed by atoms with van der Waals surface area (Å²) in [6.07, 6.45) is 2.15. The fraction of sp³-hybridized carbons (Fsp3) is 0.579. The number of amides is 1. The Hall–Kier alpha value is -2.02. The van der Waals surface area contributed by atoms with Gasteiger partial charge in [0.1, 0.15) is 6.10 Å². The number of ether oxygens (including phenoxy) is 1. The van der Waals surface area contributed by atoms with Crippen LogP contribution in [0.15, 0.2) is 24.3 Å². The maximum absolute atomic E-state index is 12.4. The summed E-state index contributed by atoms with van der Waals surface area (Å²) in [5, 5.41) is 9.38. The summed E-state index contributed by atoms with van der Waals surface area (Å²) in [7, 11) is 0. The Balaban J connectivity index is 1.57. The first-order valence-electron chi connectivity index (χ1n) is 8.50. The first kappa shape index (κ1) is 15.9. The fourth-order valence-electron chi connectivity index (χ4n) is 3.89. The van der Waals surface area contributed by atoms with Crippen LogP contribution in [0.1, 0.15) is 31.4 Å². The van der Waals surface area contributed by atoms with Gasteiger partial charge in [-0.05, 0) is 29.4 Å². The van der Waals surface area contributed by atoms with E-state index in [0.29, 0.717) is 24.9 Å². The van der Waals surface area contributed by atoms with Crippen LogP contribution in [-0.2, 0) is 17.6 Å². The number of hydrogen-bond donors (Lipinski definition) is 0. The fourth-order valence-corrected chi connectivity index (χ4v) is 3.89. The molecule has 2 atom stereocenters. The first-order valence-corrected chi connectivity index (χ1v) is 8.50. The van der Waals surface area contributed by atoms with Crippen LogP contribution in [0, 0.1) is 29.1 Å². The van der Waals surface area contributed by atoms with Crippen molar-refractivity contribution in [2.45, 2.75) is 39.2 Å². The molecule has 23 heavy (non-hydrogen) atoms. The van der Waals surface area contributed by atoms with Crippen molar-refractivity contribution in [3.05, 3.63) is 35.4 Å². The molecule has 0 bridgehead atoms. The van der Waals surface area contributed by atoms with E-state index in [1.165, 1.54) is 11.1 Å². The molecule has 4 heteroatoms. The molecule has 122 valence electrons. The van der Waals surface area contributed by atoms with Gasteiger partial charge in [-0.25, -0.2) is 4.79 Å². The lowest BCUT2D eigenvalue weighted by atomic mass is 9.79. The summed E-state index contributed by atoms with van der Waals surface area (Å²) in [6.45, 7) is 5.49. The quantitative estimate of drug-likeness (QED) is 0.841. The normalized spacial score (nSPS) is 24.3. The highest BCUT2D eigenvalue weighted by atomic mass is 16.6. The lowest BCUT2D eigenvalue weighted by molar-refractivity contribution is 0.0449. The van der Waals surface area contributed by atoms with Crippen LogP contribution < -0.4 is 0 Å². The predicted octanol–water partition coefficient (Wildman–Crippen LogP) is 3.41. The molecular formula is C19H24N2O2. The minimum absolute atomic E-state index is 0.0664. The second-order valence-electron chi connectivity index (χ2n) is 7.06. The molecule has 1 heterocycles. The van der Waals surface area contributed by atoms with Crippen molar-refractivity contribution in [2.75, 3.05) is 13.1 Å². The number of benzene rings is 1. The van der Waals surface area contributed by atoms with E-state index in [1.807, 2.05) is 12.1 Å². The van der Waals surface area contributed by atoms with Crippen LogP contribution in [0.4, 0.5) is 4.79 Å². The smallest absolute Gasteiger partial charge is 0.410 e. The summed E-state index contributed by atoms with van der Waals surface area (Å²) < 4.78 is 5.70. The molecule has 1 aromatic rings. The molecule has 1 aliphatic heterocycles. The number of nitrogens with zero attached hydrogens (tertiary/aromatic N) is 2. The monoisotopic (exact) mass is 312 g/mol. The molecule has 1 aromatic carbocycles. The van der Waals surface area contributed by atoms with Crippen molar-refractivity contribution < 1.29 is 9.53 Å². The van der Waals surface area contributed by atoms with Gasteiger partial charge < -0.3 is 9.64 Å². The van der Waals surface area contributed by atoms with Gasteiger partial charge in [0.15, 0.2) is 0 Å². The van der Waals surface area contributed by atoms with Gasteiger partial charge in [-0.3, -0.25) is 0 Å². The van der Waals surface area contributed by atoms with E-state index >= 15 is 0 Å². The van der Waals surface area contributed by atoms with E-state index in [4.69, 9.17) is 4.74 Å². The molecule has 1 aliphatic carbocycles. The van der Waals surface area contributed by atoms with Crippen LogP contribution in [0.3, 0.4) is 0 Å². The van der Waals surface area contributed by atoms with Crippen LogP contribution >= 0.6 is 0 Å². The maximum Gasteiger partial charge on any atom is 0.410 e. The van der Waals surface area contributed by atoms with Gasteiger partial charge in [0.2, 0.25) is 0 Å². The van der Waals surface area contributed by atoms with Crippen LogP contribution in [0.2, 0.25) is 0 Å². The zero-order chi connectivity index (χ0) is 16.4. The van der Waals surface area contributed by atoms with Gasteiger partial charge in [-0.1, -0.05) is 38.1 Å². The van der Waals surface area contributed by atoms with Gasteiger partial charge in [-0.2, -0.15) is 5.26 Å². The lowest BCUT2D eigenvalue weighted by Gasteiger charge is -2.37. The zero-order valence-electron chi connectivity index (χ0n) is 13.9. The maximum atomic E-state index is 12.4. The van der Waals surface area contributed by atoms with Crippen molar-refractivity contribution in [1.82, 2.24) is 4.90 Å². The van der Waals surface area contributed by atoms with Crippen molar-refractivity contribution in [1.29, 1.82) is 5.26 Å². The average molecular weight is 312 g/mol. The summed E-state index contributed by atoms with van der Waals surface area (Å²) in [5.74, 6) is 0.763. The first-order chi connectivity index (χ1) is 11.1. The SMILES string of the molecule is CC(C)C1CCN(C(=O)OC2Cc3ccccc3C2)CC1C#N. The van der Waals surface area contributed by atoms with E-state index in [0.717, 1.165) is 19.3 Å². The number of nitriles is 1. The molecular weight excluding hydrogens is 288 g/mol. The number of hydrogen-bond acceptors (Lipinski definition) is 3. The van der Waals surface area contributed by atoms with E-state index in [-0.39, 0.29) is 18.1 Å². The minimum atomic E-state index is -0.259. The topological polar surface area (TPSA) is 53.3 Å².